The van der Waals surface area contributed by atoms with E-state index in [-0.39, 0.29) is 12.0 Å². The number of carbonyl (C=O) groups excluding carboxylic acids is 1. The van der Waals surface area contributed by atoms with Gasteiger partial charge >= 0.3 is 0 Å². The highest BCUT2D eigenvalue weighted by atomic mass is 16.5. The maximum absolute atomic E-state index is 12.0. The maximum Gasteiger partial charge on any atom is 0.220 e. The van der Waals surface area contributed by atoms with Crippen LogP contribution in [0.4, 0.5) is 0 Å². The Labute approximate surface area is 148 Å². The van der Waals surface area contributed by atoms with Crippen LogP contribution in [0, 0.1) is 6.92 Å². The van der Waals surface area contributed by atoms with E-state index in [4.69, 9.17) is 4.74 Å². The summed E-state index contributed by atoms with van der Waals surface area (Å²) in [4.78, 5) is 25.2. The minimum Gasteiger partial charge on any atom is -0.378 e. The number of amides is 1. The van der Waals surface area contributed by atoms with Gasteiger partial charge in [0, 0.05) is 44.0 Å². The summed E-state index contributed by atoms with van der Waals surface area (Å²) in [5.41, 5.74) is 2.67. The quantitative estimate of drug-likeness (QED) is 0.838. The van der Waals surface area contributed by atoms with E-state index >= 15 is 0 Å². The first-order valence-corrected chi connectivity index (χ1v) is 8.84. The summed E-state index contributed by atoms with van der Waals surface area (Å²) in [6, 6.07) is 5.77. The van der Waals surface area contributed by atoms with Gasteiger partial charge in [-0.05, 0) is 38.3 Å². The molecule has 1 aliphatic rings. The second kappa shape index (κ2) is 8.67. The lowest BCUT2D eigenvalue weighted by molar-refractivity contribution is -0.121. The molecule has 0 spiro atoms. The highest BCUT2D eigenvalue weighted by Gasteiger charge is 2.16. The summed E-state index contributed by atoms with van der Waals surface area (Å²) in [6.07, 6.45) is 7.96. The fourth-order valence-corrected chi connectivity index (χ4v) is 3.02. The van der Waals surface area contributed by atoms with Gasteiger partial charge in [0.05, 0.1) is 17.5 Å². The van der Waals surface area contributed by atoms with Crippen LogP contribution in [0.25, 0.3) is 11.3 Å². The largest absolute Gasteiger partial charge is 0.378 e. The van der Waals surface area contributed by atoms with Gasteiger partial charge in [0.2, 0.25) is 5.91 Å². The predicted molar refractivity (Wildman–Crippen MR) is 94.9 cm³/mol. The molecule has 2 aromatic rings. The Kier molecular flexibility index (Phi) is 6.06. The lowest BCUT2D eigenvalue weighted by Gasteiger charge is -2.11. The summed E-state index contributed by atoms with van der Waals surface area (Å²) in [5.74, 6) is 0.792. The average molecular weight is 340 g/mol. The smallest absolute Gasteiger partial charge is 0.220 e. The van der Waals surface area contributed by atoms with Crippen molar-refractivity contribution in [2.45, 2.75) is 45.1 Å². The zero-order valence-corrected chi connectivity index (χ0v) is 14.6. The van der Waals surface area contributed by atoms with Gasteiger partial charge in [-0.1, -0.05) is 6.07 Å². The zero-order chi connectivity index (χ0) is 17.5. The first kappa shape index (κ1) is 17.5. The van der Waals surface area contributed by atoms with E-state index in [0.29, 0.717) is 19.4 Å². The summed E-state index contributed by atoms with van der Waals surface area (Å²) in [6.45, 7) is 3.25. The second-order valence-electron chi connectivity index (χ2n) is 6.27. The molecule has 1 saturated heterocycles. The number of hydrogen-bond acceptors (Lipinski definition) is 5. The Bertz CT molecular complexity index is 700. The molecule has 3 heterocycles. The number of pyridine rings is 1. The Morgan fingerprint density at radius 1 is 1.36 bits per heavy atom. The van der Waals surface area contributed by atoms with Gasteiger partial charge in [0.1, 0.15) is 5.82 Å². The number of nitrogens with zero attached hydrogens (tertiary/aromatic N) is 3. The Morgan fingerprint density at radius 2 is 2.28 bits per heavy atom. The molecule has 6 heteroatoms. The third kappa shape index (κ3) is 5.06. The third-order valence-electron chi connectivity index (χ3n) is 4.33. The van der Waals surface area contributed by atoms with Crippen LogP contribution >= 0.6 is 0 Å². The molecule has 1 aliphatic heterocycles. The van der Waals surface area contributed by atoms with Gasteiger partial charge < -0.3 is 10.1 Å². The van der Waals surface area contributed by atoms with E-state index in [0.717, 1.165) is 48.6 Å². The Morgan fingerprint density at radius 3 is 3.04 bits per heavy atom. The fraction of sp³-hybridized carbons (Fsp3) is 0.474. The minimum atomic E-state index is 0.0701. The molecule has 0 aromatic carbocycles. The molecular weight excluding hydrogens is 316 g/mol. The van der Waals surface area contributed by atoms with Crippen LogP contribution in [0.2, 0.25) is 0 Å². The van der Waals surface area contributed by atoms with Crippen molar-refractivity contribution in [3.8, 4) is 11.3 Å². The molecular formula is C19H24N4O2. The lowest BCUT2D eigenvalue weighted by atomic mass is 10.1. The molecule has 6 nitrogen and oxygen atoms in total. The van der Waals surface area contributed by atoms with Gasteiger partial charge in [0.25, 0.3) is 0 Å². The number of ether oxygens (including phenoxy) is 1. The van der Waals surface area contributed by atoms with Crippen molar-refractivity contribution in [3.05, 3.63) is 42.1 Å². The van der Waals surface area contributed by atoms with Crippen molar-refractivity contribution < 1.29 is 9.53 Å². The summed E-state index contributed by atoms with van der Waals surface area (Å²) in [7, 11) is 0. The Balaban J connectivity index is 1.54. The predicted octanol–water partition coefficient (Wildman–Crippen LogP) is 2.46. The number of aryl methyl sites for hydroxylation is 1. The Hall–Kier alpha value is -2.34. The van der Waals surface area contributed by atoms with E-state index < -0.39 is 0 Å². The number of nitrogens with one attached hydrogen (secondary N) is 1. The van der Waals surface area contributed by atoms with Crippen molar-refractivity contribution in [1.82, 2.24) is 20.3 Å². The standard InChI is InChI=1S/C19H24N4O2/c1-14-22-13-16(17-6-2-3-10-20-17)18(23-14)9-11-21-19(24)8-7-15-5-4-12-25-15/h2-3,6,10,13,15H,4-5,7-9,11-12H2,1H3,(H,21,24)/t15-/m0/s1. The minimum absolute atomic E-state index is 0.0701. The third-order valence-corrected chi connectivity index (χ3v) is 4.33. The highest BCUT2D eigenvalue weighted by Crippen LogP contribution is 2.20. The SMILES string of the molecule is Cc1ncc(-c2ccccn2)c(CCNC(=O)CC[C@@H]2CCCO2)n1. The van der Waals surface area contributed by atoms with Crippen molar-refractivity contribution in [2.75, 3.05) is 13.2 Å². The lowest BCUT2D eigenvalue weighted by Crippen LogP contribution is -2.27. The topological polar surface area (TPSA) is 77.0 Å². The monoisotopic (exact) mass is 340 g/mol. The van der Waals surface area contributed by atoms with E-state index in [9.17, 15) is 4.79 Å². The summed E-state index contributed by atoms with van der Waals surface area (Å²) in [5, 5.41) is 2.98. The fourth-order valence-electron chi connectivity index (χ4n) is 3.02. The molecule has 25 heavy (non-hydrogen) atoms. The molecule has 0 saturated carbocycles. The molecule has 1 fully saturated rings. The molecule has 0 bridgehead atoms. The van der Waals surface area contributed by atoms with Crippen LogP contribution < -0.4 is 5.32 Å². The van der Waals surface area contributed by atoms with Crippen LogP contribution in [-0.2, 0) is 16.0 Å². The average Bonchev–Trinajstić information content (AvgIpc) is 3.14. The van der Waals surface area contributed by atoms with Crippen LogP contribution in [0.5, 0.6) is 0 Å². The molecule has 3 rings (SSSR count). The number of aromatic nitrogens is 3. The molecule has 132 valence electrons. The molecule has 1 atom stereocenters. The van der Waals surface area contributed by atoms with Crippen molar-refractivity contribution >= 4 is 5.91 Å². The van der Waals surface area contributed by atoms with Crippen molar-refractivity contribution in [3.63, 3.8) is 0 Å². The van der Waals surface area contributed by atoms with Crippen LogP contribution in [0.3, 0.4) is 0 Å². The zero-order valence-electron chi connectivity index (χ0n) is 14.6. The second-order valence-corrected chi connectivity index (χ2v) is 6.27. The summed E-state index contributed by atoms with van der Waals surface area (Å²) < 4.78 is 5.55. The van der Waals surface area contributed by atoms with E-state index in [1.165, 1.54) is 0 Å². The first-order valence-electron chi connectivity index (χ1n) is 8.84. The van der Waals surface area contributed by atoms with Crippen LogP contribution in [0.15, 0.2) is 30.6 Å². The molecule has 0 radical (unpaired) electrons. The molecule has 2 aromatic heterocycles. The van der Waals surface area contributed by atoms with Gasteiger partial charge in [0.15, 0.2) is 0 Å². The molecule has 0 aliphatic carbocycles. The van der Waals surface area contributed by atoms with Gasteiger partial charge in [-0.25, -0.2) is 9.97 Å². The number of rotatable bonds is 7. The van der Waals surface area contributed by atoms with Gasteiger partial charge in [-0.15, -0.1) is 0 Å². The van der Waals surface area contributed by atoms with E-state index in [1.54, 1.807) is 12.4 Å². The van der Waals surface area contributed by atoms with E-state index in [1.807, 2.05) is 25.1 Å². The van der Waals surface area contributed by atoms with Crippen molar-refractivity contribution in [1.29, 1.82) is 0 Å². The number of hydrogen-bond donors (Lipinski definition) is 1. The first-order chi connectivity index (χ1) is 12.2. The molecule has 1 amide bonds. The normalized spacial score (nSPS) is 16.8. The van der Waals surface area contributed by atoms with Crippen LogP contribution in [-0.4, -0.2) is 40.1 Å². The van der Waals surface area contributed by atoms with Crippen molar-refractivity contribution in [2.24, 2.45) is 0 Å². The summed E-state index contributed by atoms with van der Waals surface area (Å²) >= 11 is 0. The molecule has 0 unspecified atom stereocenters. The van der Waals surface area contributed by atoms with Gasteiger partial charge in [-0.2, -0.15) is 0 Å². The van der Waals surface area contributed by atoms with Crippen LogP contribution in [0.1, 0.15) is 37.2 Å². The van der Waals surface area contributed by atoms with E-state index in [2.05, 4.69) is 20.3 Å². The van der Waals surface area contributed by atoms with Gasteiger partial charge in [-0.3, -0.25) is 9.78 Å². The highest BCUT2D eigenvalue weighted by molar-refractivity contribution is 5.75. The number of carbonyl (C=O) groups is 1. The maximum atomic E-state index is 12.0. The molecule has 1 N–H and O–H groups in total.